The number of phenolic OH excluding ortho intramolecular Hbond substituents is 1. The van der Waals surface area contributed by atoms with E-state index in [4.69, 9.17) is 14.2 Å². The van der Waals surface area contributed by atoms with Crippen LogP contribution in [-0.2, 0) is 4.79 Å². The Kier molecular flexibility index (Phi) is 4.51. The summed E-state index contributed by atoms with van der Waals surface area (Å²) in [5, 5.41) is 13.5. The summed E-state index contributed by atoms with van der Waals surface area (Å²) < 4.78 is 16.0. The van der Waals surface area contributed by atoms with Gasteiger partial charge in [0.25, 0.3) is 5.91 Å². The fourth-order valence-electron chi connectivity index (χ4n) is 2.18. The number of phenols is 1. The average molecular weight is 328 g/mol. The van der Waals surface area contributed by atoms with Crippen LogP contribution in [0.2, 0.25) is 0 Å². The lowest BCUT2D eigenvalue weighted by molar-refractivity contribution is -0.130. The number of benzene rings is 2. The Morgan fingerprint density at radius 3 is 2.88 bits per heavy atom. The first-order chi connectivity index (χ1) is 11.7. The molecule has 24 heavy (non-hydrogen) atoms. The average Bonchev–Trinajstić information content (AvgIpc) is 2.61. The van der Waals surface area contributed by atoms with E-state index in [1.165, 1.54) is 19.4 Å². The van der Waals surface area contributed by atoms with E-state index in [2.05, 4.69) is 10.5 Å². The predicted octanol–water partition coefficient (Wildman–Crippen LogP) is 1.69. The van der Waals surface area contributed by atoms with Gasteiger partial charge in [-0.3, -0.25) is 4.79 Å². The second-order valence-electron chi connectivity index (χ2n) is 5.03. The molecule has 124 valence electrons. The molecule has 0 aromatic heterocycles. The molecular weight excluding hydrogens is 312 g/mol. The first-order valence-corrected chi connectivity index (χ1v) is 7.26. The quantitative estimate of drug-likeness (QED) is 0.658. The molecule has 1 aliphatic rings. The van der Waals surface area contributed by atoms with Crippen LogP contribution in [0, 0.1) is 0 Å². The SMILES string of the molecule is COc1ccc(C=NNC(=O)[C@@H]2COc3ccccc3O2)cc1O. The van der Waals surface area contributed by atoms with Crippen LogP contribution >= 0.6 is 0 Å². The van der Waals surface area contributed by atoms with E-state index in [1.54, 1.807) is 30.3 Å². The summed E-state index contributed by atoms with van der Waals surface area (Å²) in [7, 11) is 1.47. The van der Waals surface area contributed by atoms with Gasteiger partial charge < -0.3 is 19.3 Å². The van der Waals surface area contributed by atoms with Crippen LogP contribution in [0.4, 0.5) is 0 Å². The number of carbonyl (C=O) groups is 1. The molecule has 1 atom stereocenters. The number of methoxy groups -OCH3 is 1. The van der Waals surface area contributed by atoms with Crippen molar-refractivity contribution >= 4 is 12.1 Å². The van der Waals surface area contributed by atoms with E-state index < -0.39 is 12.0 Å². The Morgan fingerprint density at radius 2 is 2.12 bits per heavy atom. The minimum atomic E-state index is -0.777. The second-order valence-corrected chi connectivity index (χ2v) is 5.03. The van der Waals surface area contributed by atoms with Crippen molar-refractivity contribution < 1.29 is 24.1 Å². The summed E-state index contributed by atoms with van der Waals surface area (Å²) in [6.07, 6.45) is 0.635. The largest absolute Gasteiger partial charge is 0.504 e. The molecule has 2 N–H and O–H groups in total. The standard InChI is InChI=1S/C17H16N2O5/c1-22-13-7-6-11(8-12(13)20)9-18-19-17(21)16-10-23-14-4-2-3-5-15(14)24-16/h2-9,16,20H,10H2,1H3,(H,19,21)/t16-/m0/s1. The molecule has 2 aromatic rings. The van der Waals surface area contributed by atoms with E-state index >= 15 is 0 Å². The molecule has 0 aliphatic carbocycles. The van der Waals surface area contributed by atoms with Gasteiger partial charge in [0, 0.05) is 0 Å². The van der Waals surface area contributed by atoms with Crippen molar-refractivity contribution in [2.45, 2.75) is 6.10 Å². The maximum atomic E-state index is 12.1. The topological polar surface area (TPSA) is 89.4 Å². The van der Waals surface area contributed by atoms with Gasteiger partial charge in [-0.1, -0.05) is 12.1 Å². The number of hydrogen-bond donors (Lipinski definition) is 2. The molecule has 0 fully saturated rings. The lowest BCUT2D eigenvalue weighted by Gasteiger charge is -2.24. The Balaban J connectivity index is 1.59. The maximum absolute atomic E-state index is 12.1. The number of para-hydroxylation sites is 2. The van der Waals surface area contributed by atoms with E-state index in [1.807, 2.05) is 6.07 Å². The van der Waals surface area contributed by atoms with Crippen LogP contribution in [0.1, 0.15) is 5.56 Å². The number of rotatable bonds is 4. The molecule has 1 aliphatic heterocycles. The van der Waals surface area contributed by atoms with Crippen molar-refractivity contribution in [1.29, 1.82) is 0 Å². The minimum Gasteiger partial charge on any atom is -0.504 e. The van der Waals surface area contributed by atoms with Crippen LogP contribution in [-0.4, -0.2) is 37.0 Å². The number of aromatic hydroxyl groups is 1. The molecule has 0 saturated heterocycles. The number of hydrazone groups is 1. The molecule has 0 radical (unpaired) electrons. The monoisotopic (exact) mass is 328 g/mol. The van der Waals surface area contributed by atoms with Crippen molar-refractivity contribution in [1.82, 2.24) is 5.43 Å². The Bertz CT molecular complexity index is 775. The molecule has 7 nitrogen and oxygen atoms in total. The van der Waals surface area contributed by atoms with Gasteiger partial charge in [-0.15, -0.1) is 0 Å². The Labute approximate surface area is 138 Å². The van der Waals surface area contributed by atoms with Gasteiger partial charge >= 0.3 is 0 Å². The van der Waals surface area contributed by atoms with Crippen LogP contribution in [0.25, 0.3) is 0 Å². The summed E-state index contributed by atoms with van der Waals surface area (Å²) in [6.45, 7) is 0.113. The van der Waals surface area contributed by atoms with Gasteiger partial charge in [-0.05, 0) is 35.9 Å². The third kappa shape index (κ3) is 3.40. The highest BCUT2D eigenvalue weighted by Crippen LogP contribution is 2.30. The van der Waals surface area contributed by atoms with Crippen molar-refractivity contribution in [3.8, 4) is 23.0 Å². The zero-order valence-electron chi connectivity index (χ0n) is 12.9. The molecule has 0 unspecified atom stereocenters. The van der Waals surface area contributed by atoms with E-state index in [0.717, 1.165) is 0 Å². The van der Waals surface area contributed by atoms with Crippen molar-refractivity contribution in [3.63, 3.8) is 0 Å². The van der Waals surface area contributed by atoms with E-state index in [0.29, 0.717) is 22.8 Å². The van der Waals surface area contributed by atoms with E-state index in [-0.39, 0.29) is 12.4 Å². The van der Waals surface area contributed by atoms with Crippen LogP contribution in [0.15, 0.2) is 47.6 Å². The number of hydrogen-bond acceptors (Lipinski definition) is 6. The highest BCUT2D eigenvalue weighted by Gasteiger charge is 2.26. The predicted molar refractivity (Wildman–Crippen MR) is 86.7 cm³/mol. The van der Waals surface area contributed by atoms with Crippen molar-refractivity contribution in [2.75, 3.05) is 13.7 Å². The highest BCUT2D eigenvalue weighted by molar-refractivity contribution is 5.85. The summed E-state index contributed by atoms with van der Waals surface area (Å²) in [5.74, 6) is 1.07. The third-order valence-electron chi connectivity index (χ3n) is 3.39. The Hall–Kier alpha value is -3.22. The fourth-order valence-corrected chi connectivity index (χ4v) is 2.18. The molecule has 3 rings (SSSR count). The van der Waals surface area contributed by atoms with E-state index in [9.17, 15) is 9.90 Å². The molecule has 1 amide bonds. The Morgan fingerprint density at radius 1 is 1.33 bits per heavy atom. The van der Waals surface area contributed by atoms with Gasteiger partial charge in [0.05, 0.1) is 13.3 Å². The molecule has 7 heteroatoms. The number of amides is 1. The number of ether oxygens (including phenoxy) is 3. The second kappa shape index (κ2) is 6.91. The number of nitrogens with zero attached hydrogens (tertiary/aromatic N) is 1. The zero-order valence-corrected chi connectivity index (χ0v) is 12.9. The molecule has 2 aromatic carbocycles. The smallest absolute Gasteiger partial charge is 0.284 e. The lowest BCUT2D eigenvalue weighted by Crippen LogP contribution is -2.42. The maximum Gasteiger partial charge on any atom is 0.284 e. The van der Waals surface area contributed by atoms with Crippen LogP contribution in [0.3, 0.4) is 0 Å². The fraction of sp³-hybridized carbons (Fsp3) is 0.176. The number of nitrogens with one attached hydrogen (secondary N) is 1. The molecular formula is C17H16N2O5. The van der Waals surface area contributed by atoms with Gasteiger partial charge in [0.15, 0.2) is 23.0 Å². The lowest BCUT2D eigenvalue weighted by atomic mass is 10.2. The molecule has 0 bridgehead atoms. The zero-order chi connectivity index (χ0) is 16.9. The molecule has 1 heterocycles. The summed E-state index contributed by atoms with van der Waals surface area (Å²) in [4.78, 5) is 12.1. The normalized spacial score (nSPS) is 16.0. The highest BCUT2D eigenvalue weighted by atomic mass is 16.6. The van der Waals surface area contributed by atoms with Gasteiger partial charge in [-0.2, -0.15) is 5.10 Å². The van der Waals surface area contributed by atoms with Crippen molar-refractivity contribution in [3.05, 3.63) is 48.0 Å². The van der Waals surface area contributed by atoms with Crippen LogP contribution in [0.5, 0.6) is 23.0 Å². The first kappa shape index (κ1) is 15.7. The van der Waals surface area contributed by atoms with Crippen LogP contribution < -0.4 is 19.6 Å². The first-order valence-electron chi connectivity index (χ1n) is 7.26. The third-order valence-corrected chi connectivity index (χ3v) is 3.39. The molecule has 0 saturated carbocycles. The summed E-state index contributed by atoms with van der Waals surface area (Å²) in [5.41, 5.74) is 3.00. The van der Waals surface area contributed by atoms with Crippen molar-refractivity contribution in [2.24, 2.45) is 5.10 Å². The summed E-state index contributed by atoms with van der Waals surface area (Å²) >= 11 is 0. The number of fused-ring (bicyclic) bond motifs is 1. The number of carbonyl (C=O) groups excluding carboxylic acids is 1. The van der Waals surface area contributed by atoms with Gasteiger partial charge in [0.2, 0.25) is 6.10 Å². The van der Waals surface area contributed by atoms with Gasteiger partial charge in [0.1, 0.15) is 6.61 Å². The van der Waals surface area contributed by atoms with Gasteiger partial charge in [-0.25, -0.2) is 5.43 Å². The summed E-state index contributed by atoms with van der Waals surface area (Å²) in [6, 6.07) is 11.9. The molecule has 0 spiro atoms. The minimum absolute atomic E-state index is 0.00611.